The first-order valence-electron chi connectivity index (χ1n) is 4.54. The molecule has 1 aromatic carbocycles. The lowest BCUT2D eigenvalue weighted by atomic mass is 10.1. The largest absolute Gasteiger partial charge is 0.497 e. The quantitative estimate of drug-likeness (QED) is 0.777. The van der Waals surface area contributed by atoms with Gasteiger partial charge in [-0.2, -0.15) is 11.8 Å². The first-order valence-corrected chi connectivity index (χ1v) is 6.73. The summed E-state index contributed by atoms with van der Waals surface area (Å²) in [6, 6.07) is 5.44. The summed E-state index contributed by atoms with van der Waals surface area (Å²) in [5, 5.41) is 0. The molecule has 0 unspecified atom stereocenters. The van der Waals surface area contributed by atoms with E-state index in [0.717, 1.165) is 10.2 Å². The van der Waals surface area contributed by atoms with Crippen molar-refractivity contribution >= 4 is 33.5 Å². The van der Waals surface area contributed by atoms with Crippen LogP contribution < -0.4 is 4.74 Å². The Labute approximate surface area is 103 Å². The minimum absolute atomic E-state index is 0.148. The van der Waals surface area contributed by atoms with Gasteiger partial charge in [0, 0.05) is 22.2 Å². The van der Waals surface area contributed by atoms with Crippen LogP contribution in [-0.2, 0) is 0 Å². The minimum Gasteiger partial charge on any atom is -0.497 e. The van der Waals surface area contributed by atoms with Gasteiger partial charge in [0.2, 0.25) is 0 Å². The molecular weight excluding hydrogens is 276 g/mol. The van der Waals surface area contributed by atoms with E-state index in [-0.39, 0.29) is 5.78 Å². The minimum atomic E-state index is 0.148. The molecule has 0 N–H and O–H groups in total. The Balaban J connectivity index is 2.86. The van der Waals surface area contributed by atoms with Gasteiger partial charge in [-0.25, -0.2) is 0 Å². The van der Waals surface area contributed by atoms with Crippen molar-refractivity contribution in [2.24, 2.45) is 0 Å². The van der Waals surface area contributed by atoms with Crippen molar-refractivity contribution in [3.05, 3.63) is 28.2 Å². The van der Waals surface area contributed by atoms with Crippen LogP contribution in [0.5, 0.6) is 5.75 Å². The van der Waals surface area contributed by atoms with Gasteiger partial charge in [0.15, 0.2) is 5.78 Å². The summed E-state index contributed by atoms with van der Waals surface area (Å²) in [5.41, 5.74) is 0.698. The first kappa shape index (κ1) is 12.6. The van der Waals surface area contributed by atoms with E-state index in [9.17, 15) is 4.79 Å². The van der Waals surface area contributed by atoms with E-state index in [1.165, 1.54) is 0 Å². The van der Waals surface area contributed by atoms with Crippen molar-refractivity contribution < 1.29 is 9.53 Å². The first-order chi connectivity index (χ1) is 7.19. The molecule has 0 saturated heterocycles. The van der Waals surface area contributed by atoms with Crippen molar-refractivity contribution in [3.63, 3.8) is 0 Å². The van der Waals surface area contributed by atoms with Gasteiger partial charge in [-0.3, -0.25) is 4.79 Å². The van der Waals surface area contributed by atoms with Gasteiger partial charge in [-0.1, -0.05) is 15.9 Å². The molecule has 1 aromatic rings. The van der Waals surface area contributed by atoms with Crippen LogP contribution in [0, 0.1) is 0 Å². The molecule has 1 rings (SSSR count). The molecule has 0 fully saturated rings. The number of halogens is 1. The van der Waals surface area contributed by atoms with E-state index < -0.39 is 0 Å². The van der Waals surface area contributed by atoms with Gasteiger partial charge in [-0.15, -0.1) is 0 Å². The maximum absolute atomic E-state index is 11.8. The molecule has 0 spiro atoms. The van der Waals surface area contributed by atoms with Gasteiger partial charge < -0.3 is 4.74 Å². The lowest BCUT2D eigenvalue weighted by molar-refractivity contribution is 0.0988. The highest BCUT2D eigenvalue weighted by Crippen LogP contribution is 2.23. The molecule has 2 nitrogen and oxygen atoms in total. The number of hydrogen-bond acceptors (Lipinski definition) is 3. The monoisotopic (exact) mass is 288 g/mol. The smallest absolute Gasteiger partial charge is 0.164 e. The number of rotatable bonds is 5. The highest BCUT2D eigenvalue weighted by Gasteiger charge is 2.10. The average Bonchev–Trinajstić information content (AvgIpc) is 2.26. The summed E-state index contributed by atoms with van der Waals surface area (Å²) >= 11 is 5.04. The highest BCUT2D eigenvalue weighted by molar-refractivity contribution is 9.10. The topological polar surface area (TPSA) is 26.3 Å². The predicted octanol–water partition coefficient (Wildman–Crippen LogP) is 3.39. The number of carbonyl (C=O) groups excluding carboxylic acids is 1. The summed E-state index contributed by atoms with van der Waals surface area (Å²) in [6.45, 7) is 0. The fraction of sp³-hybridized carbons (Fsp3) is 0.364. The number of carbonyl (C=O) groups is 1. The van der Waals surface area contributed by atoms with Crippen LogP contribution in [0.1, 0.15) is 16.8 Å². The number of methoxy groups -OCH3 is 1. The van der Waals surface area contributed by atoms with E-state index >= 15 is 0 Å². The van der Waals surface area contributed by atoms with E-state index in [2.05, 4.69) is 15.9 Å². The molecule has 0 aromatic heterocycles. The molecule has 0 amide bonds. The van der Waals surface area contributed by atoms with Crippen LogP contribution in [0.25, 0.3) is 0 Å². The standard InChI is InChI=1S/C11H13BrO2S/c1-14-8-3-4-10(12)9(7-8)11(13)5-6-15-2/h3-4,7H,5-6H2,1-2H3. The Morgan fingerprint density at radius 1 is 1.53 bits per heavy atom. The summed E-state index contributed by atoms with van der Waals surface area (Å²) in [7, 11) is 1.60. The molecule has 82 valence electrons. The molecule has 4 heteroatoms. The Kier molecular flexibility index (Phi) is 5.19. The van der Waals surface area contributed by atoms with Gasteiger partial charge in [0.25, 0.3) is 0 Å². The second kappa shape index (κ2) is 6.18. The van der Waals surface area contributed by atoms with Gasteiger partial charge in [0.05, 0.1) is 7.11 Å². The number of ether oxygens (including phenoxy) is 1. The summed E-state index contributed by atoms with van der Waals surface area (Å²) in [6.07, 6.45) is 2.56. The summed E-state index contributed by atoms with van der Waals surface area (Å²) in [4.78, 5) is 11.8. The second-order valence-electron chi connectivity index (χ2n) is 3.01. The maximum Gasteiger partial charge on any atom is 0.164 e. The average molecular weight is 289 g/mol. The van der Waals surface area contributed by atoms with Crippen molar-refractivity contribution in [1.29, 1.82) is 0 Å². The molecule has 0 atom stereocenters. The third-order valence-corrected chi connectivity index (χ3v) is 3.31. The Bertz CT molecular complexity index is 352. The van der Waals surface area contributed by atoms with E-state index in [4.69, 9.17) is 4.74 Å². The number of Topliss-reactive ketones (excluding diaryl/α,β-unsaturated/α-hetero) is 1. The van der Waals surface area contributed by atoms with Gasteiger partial charge in [0.1, 0.15) is 5.75 Å². The number of benzene rings is 1. The van der Waals surface area contributed by atoms with Crippen LogP contribution in [0.4, 0.5) is 0 Å². The van der Waals surface area contributed by atoms with E-state index in [0.29, 0.717) is 17.7 Å². The van der Waals surface area contributed by atoms with Crippen molar-refractivity contribution in [3.8, 4) is 5.75 Å². The zero-order valence-corrected chi connectivity index (χ0v) is 11.2. The van der Waals surface area contributed by atoms with Crippen LogP contribution in [0.2, 0.25) is 0 Å². The van der Waals surface area contributed by atoms with Crippen LogP contribution in [0.3, 0.4) is 0 Å². The van der Waals surface area contributed by atoms with E-state index in [1.807, 2.05) is 18.4 Å². The van der Waals surface area contributed by atoms with E-state index in [1.54, 1.807) is 24.9 Å². The van der Waals surface area contributed by atoms with Crippen molar-refractivity contribution in [1.82, 2.24) is 0 Å². The molecular formula is C11H13BrO2S. The molecule has 0 bridgehead atoms. The normalized spacial score (nSPS) is 10.1. The summed E-state index contributed by atoms with van der Waals surface area (Å²) in [5.74, 6) is 1.71. The molecule has 15 heavy (non-hydrogen) atoms. The Morgan fingerprint density at radius 2 is 2.27 bits per heavy atom. The SMILES string of the molecule is COc1ccc(Br)c(C(=O)CCSC)c1. The van der Waals surface area contributed by atoms with Crippen LogP contribution in [0.15, 0.2) is 22.7 Å². The fourth-order valence-electron chi connectivity index (χ4n) is 1.17. The predicted molar refractivity (Wildman–Crippen MR) is 68.0 cm³/mol. The second-order valence-corrected chi connectivity index (χ2v) is 4.85. The third kappa shape index (κ3) is 3.54. The highest BCUT2D eigenvalue weighted by atomic mass is 79.9. The Morgan fingerprint density at radius 3 is 2.87 bits per heavy atom. The fourth-order valence-corrected chi connectivity index (χ4v) is 2.03. The molecule has 0 radical (unpaired) electrons. The molecule has 0 aliphatic heterocycles. The molecule has 0 aliphatic carbocycles. The number of thioether (sulfide) groups is 1. The van der Waals surface area contributed by atoms with Crippen molar-refractivity contribution in [2.45, 2.75) is 6.42 Å². The zero-order chi connectivity index (χ0) is 11.3. The van der Waals surface area contributed by atoms with Crippen LogP contribution in [-0.4, -0.2) is 24.9 Å². The number of ketones is 1. The zero-order valence-electron chi connectivity index (χ0n) is 8.75. The maximum atomic E-state index is 11.8. The molecule has 0 heterocycles. The van der Waals surface area contributed by atoms with Gasteiger partial charge in [-0.05, 0) is 24.5 Å². The molecule has 0 aliphatic rings. The Hall–Kier alpha value is -0.480. The van der Waals surface area contributed by atoms with Crippen LogP contribution >= 0.6 is 27.7 Å². The van der Waals surface area contributed by atoms with Crippen molar-refractivity contribution in [2.75, 3.05) is 19.1 Å². The lowest BCUT2D eigenvalue weighted by Crippen LogP contribution is -2.02. The lowest BCUT2D eigenvalue weighted by Gasteiger charge is -2.05. The number of hydrogen-bond donors (Lipinski definition) is 0. The molecule has 0 saturated carbocycles. The van der Waals surface area contributed by atoms with Gasteiger partial charge >= 0.3 is 0 Å². The third-order valence-electron chi connectivity index (χ3n) is 2.01. The summed E-state index contributed by atoms with van der Waals surface area (Å²) < 4.78 is 5.91.